The Hall–Kier alpha value is -0.240. The fourth-order valence-electron chi connectivity index (χ4n) is 1.17. The summed E-state index contributed by atoms with van der Waals surface area (Å²) in [4.78, 5) is 0. The van der Waals surface area contributed by atoms with Gasteiger partial charge >= 0.3 is 0 Å². The maximum Gasteiger partial charge on any atom is 0.171 e. The van der Waals surface area contributed by atoms with E-state index in [2.05, 4.69) is 0 Å². The highest BCUT2D eigenvalue weighted by Gasteiger charge is 2.40. The molecule has 7 N–H and O–H groups in total. The van der Waals surface area contributed by atoms with Gasteiger partial charge in [0.25, 0.3) is 0 Å². The summed E-state index contributed by atoms with van der Waals surface area (Å²) in [6, 6.07) is -1.59. The Morgan fingerprint density at radius 2 is 1.75 bits per heavy atom. The number of hydrogen-bond donors (Lipinski definition) is 5. The maximum atomic E-state index is 9.32. The fourth-order valence-corrected chi connectivity index (χ4v) is 1.17. The molecule has 1 fully saturated rings. The molecule has 1 unspecified atom stereocenters. The number of rotatable bonds is 1. The van der Waals surface area contributed by atoms with Gasteiger partial charge in [0.2, 0.25) is 0 Å². The number of nitrogens with two attached hydrogens (primary N) is 2. The summed E-state index contributed by atoms with van der Waals surface area (Å²) < 4.78 is 4.78. The molecule has 0 amide bonds. The average molecular weight is 178 g/mol. The molecule has 0 spiro atoms. The molecule has 1 rings (SSSR count). The van der Waals surface area contributed by atoms with E-state index in [1.807, 2.05) is 0 Å². The van der Waals surface area contributed by atoms with Crippen LogP contribution in [-0.2, 0) is 4.74 Å². The minimum atomic E-state index is -1.22. The van der Waals surface area contributed by atoms with E-state index >= 15 is 0 Å². The third-order valence-corrected chi connectivity index (χ3v) is 2.04. The minimum Gasteiger partial charge on any atom is -0.394 e. The highest BCUT2D eigenvalue weighted by atomic mass is 16.6. The summed E-state index contributed by atoms with van der Waals surface area (Å²) in [5.74, 6) is 0. The second kappa shape index (κ2) is 3.65. The molecule has 6 nitrogen and oxygen atoms in total. The third kappa shape index (κ3) is 1.58. The van der Waals surface area contributed by atoms with Gasteiger partial charge in [0.15, 0.2) is 6.29 Å². The molecule has 0 bridgehead atoms. The summed E-state index contributed by atoms with van der Waals surface area (Å²) in [5.41, 5.74) is 10.8. The first-order valence-corrected chi connectivity index (χ1v) is 3.71. The second-order valence-electron chi connectivity index (χ2n) is 2.89. The Kier molecular flexibility index (Phi) is 2.99. The van der Waals surface area contributed by atoms with Gasteiger partial charge in [-0.3, -0.25) is 0 Å². The van der Waals surface area contributed by atoms with Gasteiger partial charge in [-0.2, -0.15) is 0 Å². The zero-order valence-corrected chi connectivity index (χ0v) is 6.50. The SMILES string of the molecule is N[C@H]1[C@H](O)[C@@H](CO)OC(O)[C@@H]1N. The largest absolute Gasteiger partial charge is 0.394 e. The first-order valence-electron chi connectivity index (χ1n) is 3.71. The van der Waals surface area contributed by atoms with Crippen molar-refractivity contribution < 1.29 is 20.1 Å². The monoisotopic (exact) mass is 178 g/mol. The number of ether oxygens (including phenoxy) is 1. The first-order chi connectivity index (χ1) is 5.57. The topological polar surface area (TPSA) is 122 Å². The summed E-state index contributed by atoms with van der Waals surface area (Å²) in [6.07, 6.45) is -3.11. The van der Waals surface area contributed by atoms with Crippen LogP contribution in [0.25, 0.3) is 0 Å². The lowest BCUT2D eigenvalue weighted by atomic mass is 9.96. The molecular weight excluding hydrogens is 164 g/mol. The zero-order valence-electron chi connectivity index (χ0n) is 6.50. The van der Waals surface area contributed by atoms with Crippen LogP contribution in [0.1, 0.15) is 0 Å². The Morgan fingerprint density at radius 1 is 1.17 bits per heavy atom. The van der Waals surface area contributed by atoms with Crippen molar-refractivity contribution in [3.05, 3.63) is 0 Å². The van der Waals surface area contributed by atoms with E-state index in [1.54, 1.807) is 0 Å². The summed E-state index contributed by atoms with van der Waals surface area (Å²) >= 11 is 0. The molecule has 1 aliphatic heterocycles. The molecule has 0 radical (unpaired) electrons. The summed E-state index contributed by atoms with van der Waals surface area (Å²) in [7, 11) is 0. The molecule has 0 aliphatic carbocycles. The van der Waals surface area contributed by atoms with Gasteiger partial charge < -0.3 is 31.5 Å². The highest BCUT2D eigenvalue weighted by molar-refractivity contribution is 4.93. The number of aliphatic hydroxyl groups excluding tert-OH is 3. The molecule has 6 heteroatoms. The van der Waals surface area contributed by atoms with Crippen LogP contribution in [0.4, 0.5) is 0 Å². The minimum absolute atomic E-state index is 0.390. The molecular formula is C6H14N2O4. The Morgan fingerprint density at radius 3 is 2.25 bits per heavy atom. The van der Waals surface area contributed by atoms with Crippen molar-refractivity contribution in [1.29, 1.82) is 0 Å². The van der Waals surface area contributed by atoms with Crippen LogP contribution in [0.3, 0.4) is 0 Å². The molecule has 0 aromatic rings. The van der Waals surface area contributed by atoms with E-state index in [4.69, 9.17) is 26.4 Å². The van der Waals surface area contributed by atoms with E-state index in [-0.39, 0.29) is 0 Å². The van der Waals surface area contributed by atoms with E-state index < -0.39 is 37.2 Å². The number of aliphatic hydroxyl groups is 3. The van der Waals surface area contributed by atoms with Crippen molar-refractivity contribution >= 4 is 0 Å². The molecule has 12 heavy (non-hydrogen) atoms. The van der Waals surface area contributed by atoms with E-state index in [0.717, 1.165) is 0 Å². The van der Waals surface area contributed by atoms with Crippen LogP contribution in [0.2, 0.25) is 0 Å². The van der Waals surface area contributed by atoms with Crippen molar-refractivity contribution in [2.24, 2.45) is 11.5 Å². The van der Waals surface area contributed by atoms with Gasteiger partial charge in [-0.25, -0.2) is 0 Å². The van der Waals surface area contributed by atoms with E-state index in [0.29, 0.717) is 0 Å². The number of hydrogen-bond acceptors (Lipinski definition) is 6. The lowest BCUT2D eigenvalue weighted by molar-refractivity contribution is -0.221. The molecule has 0 saturated carbocycles. The smallest absolute Gasteiger partial charge is 0.171 e. The van der Waals surface area contributed by atoms with Crippen LogP contribution >= 0.6 is 0 Å². The van der Waals surface area contributed by atoms with Crippen molar-refractivity contribution in [3.63, 3.8) is 0 Å². The van der Waals surface area contributed by atoms with E-state index in [9.17, 15) is 5.11 Å². The summed E-state index contributed by atoms with van der Waals surface area (Å²) in [6.45, 7) is -0.390. The molecule has 1 saturated heterocycles. The van der Waals surface area contributed by atoms with Crippen molar-refractivity contribution in [1.82, 2.24) is 0 Å². The fraction of sp³-hybridized carbons (Fsp3) is 1.00. The Labute approximate surface area is 69.7 Å². The quantitative estimate of drug-likeness (QED) is 0.287. The predicted molar refractivity (Wildman–Crippen MR) is 39.9 cm³/mol. The molecule has 5 atom stereocenters. The van der Waals surface area contributed by atoms with Crippen molar-refractivity contribution in [2.45, 2.75) is 30.6 Å². The molecule has 72 valence electrons. The standard InChI is InChI=1S/C6H14N2O4/c7-3-4(8)6(11)12-2(1-9)5(3)10/h2-6,9-11H,1,7-8H2/t2-,3-,4-,5-,6?/m1/s1. The van der Waals surface area contributed by atoms with Crippen LogP contribution in [0.15, 0.2) is 0 Å². The third-order valence-electron chi connectivity index (χ3n) is 2.04. The Bertz CT molecular complexity index is 152. The predicted octanol–water partition coefficient (Wildman–Crippen LogP) is -3.29. The Balaban J connectivity index is 2.63. The second-order valence-corrected chi connectivity index (χ2v) is 2.89. The zero-order chi connectivity index (χ0) is 9.30. The normalized spacial score (nSPS) is 49.2. The van der Waals surface area contributed by atoms with Crippen molar-refractivity contribution in [3.8, 4) is 0 Å². The van der Waals surface area contributed by atoms with Crippen LogP contribution in [-0.4, -0.2) is 52.5 Å². The molecule has 1 aliphatic rings. The van der Waals surface area contributed by atoms with Crippen LogP contribution in [0.5, 0.6) is 0 Å². The van der Waals surface area contributed by atoms with Gasteiger partial charge in [0.05, 0.1) is 24.8 Å². The van der Waals surface area contributed by atoms with Crippen molar-refractivity contribution in [2.75, 3.05) is 6.61 Å². The molecule has 1 heterocycles. The lowest BCUT2D eigenvalue weighted by Crippen LogP contribution is -2.65. The van der Waals surface area contributed by atoms with Gasteiger partial charge in [0.1, 0.15) is 6.10 Å². The maximum absolute atomic E-state index is 9.32. The first kappa shape index (κ1) is 9.85. The average Bonchev–Trinajstić information content (AvgIpc) is 2.08. The van der Waals surface area contributed by atoms with Gasteiger partial charge in [0, 0.05) is 0 Å². The molecule has 0 aromatic heterocycles. The van der Waals surface area contributed by atoms with E-state index in [1.165, 1.54) is 0 Å². The van der Waals surface area contributed by atoms with Gasteiger partial charge in [-0.1, -0.05) is 0 Å². The lowest BCUT2D eigenvalue weighted by Gasteiger charge is -2.38. The summed E-state index contributed by atoms with van der Waals surface area (Å²) in [5, 5.41) is 27.1. The highest BCUT2D eigenvalue weighted by Crippen LogP contribution is 2.16. The molecule has 0 aromatic carbocycles. The van der Waals surface area contributed by atoms with Crippen LogP contribution in [0, 0.1) is 0 Å². The van der Waals surface area contributed by atoms with Gasteiger partial charge in [-0.15, -0.1) is 0 Å². The van der Waals surface area contributed by atoms with Crippen LogP contribution < -0.4 is 11.5 Å². The van der Waals surface area contributed by atoms with Gasteiger partial charge in [-0.05, 0) is 0 Å².